The Morgan fingerprint density at radius 2 is 2.38 bits per heavy atom. The van der Waals surface area contributed by atoms with E-state index in [1.54, 1.807) is 23.6 Å². The minimum atomic E-state index is -0.375. The molecule has 0 aromatic heterocycles. The molecule has 3 atom stereocenters. The van der Waals surface area contributed by atoms with Gasteiger partial charge in [0.25, 0.3) is 0 Å². The van der Waals surface area contributed by atoms with E-state index in [0.29, 0.717) is 6.54 Å². The Kier molecular flexibility index (Phi) is 5.58. The maximum absolute atomic E-state index is 11.9. The Morgan fingerprint density at radius 1 is 1.69 bits per heavy atom. The molecule has 0 aromatic rings. The van der Waals surface area contributed by atoms with Crippen molar-refractivity contribution in [3.05, 3.63) is 0 Å². The second-order valence-electron chi connectivity index (χ2n) is 4.46. The Balaban J connectivity index is 2.38. The molecule has 0 spiro atoms. The van der Waals surface area contributed by atoms with E-state index >= 15 is 0 Å². The molecule has 1 fully saturated rings. The Hall–Kier alpha value is -0.260. The molecule has 0 bridgehead atoms. The summed E-state index contributed by atoms with van der Waals surface area (Å²) in [4.78, 5) is 13.7. The third kappa shape index (κ3) is 3.64. The SMILES string of the molecule is CSCC[C@H](N)C(=O)N1CCC(C(C)O)C1. The first kappa shape index (κ1) is 13.8. The summed E-state index contributed by atoms with van der Waals surface area (Å²) in [6.45, 7) is 3.18. The molecule has 3 N–H and O–H groups in total. The van der Waals surface area contributed by atoms with Gasteiger partial charge >= 0.3 is 0 Å². The van der Waals surface area contributed by atoms with Crippen molar-refractivity contribution in [2.75, 3.05) is 25.1 Å². The number of aliphatic hydroxyl groups is 1. The minimum absolute atomic E-state index is 0.0391. The average Bonchev–Trinajstić information content (AvgIpc) is 2.74. The zero-order chi connectivity index (χ0) is 12.1. The second kappa shape index (κ2) is 6.47. The van der Waals surface area contributed by atoms with Gasteiger partial charge in [-0.3, -0.25) is 4.79 Å². The van der Waals surface area contributed by atoms with Crippen LogP contribution in [0.1, 0.15) is 19.8 Å². The van der Waals surface area contributed by atoms with Crippen molar-refractivity contribution in [1.82, 2.24) is 4.90 Å². The summed E-state index contributed by atoms with van der Waals surface area (Å²) in [5.41, 5.74) is 5.84. The predicted molar refractivity (Wildman–Crippen MR) is 67.3 cm³/mol. The number of amides is 1. The van der Waals surface area contributed by atoms with Crippen LogP contribution in [0.3, 0.4) is 0 Å². The Morgan fingerprint density at radius 3 is 2.88 bits per heavy atom. The van der Waals surface area contributed by atoms with Crippen LogP contribution >= 0.6 is 11.8 Å². The first-order valence-electron chi connectivity index (χ1n) is 5.77. The molecule has 0 aromatic carbocycles. The third-order valence-electron chi connectivity index (χ3n) is 3.17. The predicted octanol–water partition coefficient (Wildman–Crippen LogP) is 0.296. The van der Waals surface area contributed by atoms with Gasteiger partial charge < -0.3 is 15.7 Å². The lowest BCUT2D eigenvalue weighted by atomic mass is 10.0. The van der Waals surface area contributed by atoms with Crippen molar-refractivity contribution >= 4 is 17.7 Å². The van der Waals surface area contributed by atoms with Crippen LogP contribution in [-0.2, 0) is 4.79 Å². The van der Waals surface area contributed by atoms with Gasteiger partial charge in [0.05, 0.1) is 12.1 Å². The van der Waals surface area contributed by atoms with E-state index < -0.39 is 0 Å². The molecule has 1 saturated heterocycles. The largest absolute Gasteiger partial charge is 0.393 e. The van der Waals surface area contributed by atoms with Crippen molar-refractivity contribution < 1.29 is 9.90 Å². The van der Waals surface area contributed by atoms with E-state index in [-0.39, 0.29) is 24.0 Å². The number of rotatable bonds is 5. The molecular formula is C11H22N2O2S. The second-order valence-corrected chi connectivity index (χ2v) is 5.45. The zero-order valence-corrected chi connectivity index (χ0v) is 10.9. The smallest absolute Gasteiger partial charge is 0.239 e. The van der Waals surface area contributed by atoms with Gasteiger partial charge in [0.1, 0.15) is 0 Å². The fourth-order valence-electron chi connectivity index (χ4n) is 1.98. The molecule has 2 unspecified atom stereocenters. The number of nitrogens with two attached hydrogens (primary N) is 1. The number of aliphatic hydroxyl groups excluding tert-OH is 1. The van der Waals surface area contributed by atoms with Crippen LogP contribution in [0.2, 0.25) is 0 Å². The highest BCUT2D eigenvalue weighted by Gasteiger charge is 2.31. The van der Waals surface area contributed by atoms with Gasteiger partial charge in [0.2, 0.25) is 5.91 Å². The molecule has 0 saturated carbocycles. The van der Waals surface area contributed by atoms with Gasteiger partial charge in [-0.2, -0.15) is 11.8 Å². The Labute approximate surface area is 102 Å². The first-order valence-corrected chi connectivity index (χ1v) is 7.17. The van der Waals surface area contributed by atoms with E-state index in [1.165, 1.54) is 0 Å². The number of thioether (sulfide) groups is 1. The number of nitrogens with zero attached hydrogens (tertiary/aromatic N) is 1. The molecule has 5 heteroatoms. The van der Waals surface area contributed by atoms with Crippen LogP contribution in [0.25, 0.3) is 0 Å². The molecule has 1 heterocycles. The van der Waals surface area contributed by atoms with Crippen molar-refractivity contribution in [3.8, 4) is 0 Å². The normalized spacial score (nSPS) is 24.5. The van der Waals surface area contributed by atoms with E-state index in [9.17, 15) is 9.90 Å². The number of hydrogen-bond donors (Lipinski definition) is 2. The molecule has 1 amide bonds. The van der Waals surface area contributed by atoms with Crippen molar-refractivity contribution in [3.63, 3.8) is 0 Å². The highest BCUT2D eigenvalue weighted by Crippen LogP contribution is 2.20. The first-order chi connectivity index (χ1) is 7.56. The fraction of sp³-hybridized carbons (Fsp3) is 0.909. The van der Waals surface area contributed by atoms with E-state index in [1.807, 2.05) is 6.26 Å². The van der Waals surface area contributed by atoms with Gasteiger partial charge in [0.15, 0.2) is 0 Å². The zero-order valence-electron chi connectivity index (χ0n) is 10.1. The molecule has 4 nitrogen and oxygen atoms in total. The molecule has 94 valence electrons. The van der Waals surface area contributed by atoms with Crippen LogP contribution in [0, 0.1) is 5.92 Å². The molecule has 0 radical (unpaired) electrons. The highest BCUT2D eigenvalue weighted by atomic mass is 32.2. The summed E-state index contributed by atoms with van der Waals surface area (Å²) in [6.07, 6.45) is 3.30. The standard InChI is InChI=1S/C11H22N2O2S/c1-8(14)9-3-5-13(7-9)11(15)10(12)4-6-16-2/h8-10,14H,3-7,12H2,1-2H3/t8?,9?,10-/m0/s1. The molecular weight excluding hydrogens is 224 g/mol. The van der Waals surface area contributed by atoms with Crippen molar-refractivity contribution in [1.29, 1.82) is 0 Å². The summed E-state index contributed by atoms with van der Waals surface area (Å²) in [7, 11) is 0. The highest BCUT2D eigenvalue weighted by molar-refractivity contribution is 7.98. The monoisotopic (exact) mass is 246 g/mol. The summed E-state index contributed by atoms with van der Waals surface area (Å²) in [5, 5.41) is 9.46. The molecule has 1 aliphatic heterocycles. The van der Waals surface area contributed by atoms with E-state index in [2.05, 4.69) is 0 Å². The molecule has 16 heavy (non-hydrogen) atoms. The summed E-state index contributed by atoms with van der Waals surface area (Å²) in [6, 6.07) is -0.375. The maximum atomic E-state index is 11.9. The quantitative estimate of drug-likeness (QED) is 0.732. The summed E-state index contributed by atoms with van der Waals surface area (Å²) in [5.74, 6) is 1.18. The van der Waals surface area contributed by atoms with Crippen LogP contribution in [0.15, 0.2) is 0 Å². The van der Waals surface area contributed by atoms with Gasteiger partial charge in [0, 0.05) is 19.0 Å². The van der Waals surface area contributed by atoms with Crippen LogP contribution in [-0.4, -0.2) is 53.2 Å². The third-order valence-corrected chi connectivity index (χ3v) is 3.81. The topological polar surface area (TPSA) is 66.6 Å². The lowest BCUT2D eigenvalue weighted by molar-refractivity contribution is -0.131. The van der Waals surface area contributed by atoms with Crippen LogP contribution < -0.4 is 5.73 Å². The Bertz CT molecular complexity index is 236. The van der Waals surface area contributed by atoms with Crippen LogP contribution in [0.5, 0.6) is 0 Å². The number of carbonyl (C=O) groups excluding carboxylic acids is 1. The van der Waals surface area contributed by atoms with Crippen molar-refractivity contribution in [2.24, 2.45) is 11.7 Å². The lowest BCUT2D eigenvalue weighted by Gasteiger charge is -2.21. The summed E-state index contributed by atoms with van der Waals surface area (Å²) < 4.78 is 0. The summed E-state index contributed by atoms with van der Waals surface area (Å²) >= 11 is 1.70. The number of carbonyl (C=O) groups is 1. The van der Waals surface area contributed by atoms with Gasteiger partial charge in [-0.05, 0) is 31.8 Å². The van der Waals surface area contributed by atoms with Gasteiger partial charge in [-0.15, -0.1) is 0 Å². The van der Waals surface area contributed by atoms with Gasteiger partial charge in [-0.1, -0.05) is 0 Å². The minimum Gasteiger partial charge on any atom is -0.393 e. The number of hydrogen-bond acceptors (Lipinski definition) is 4. The lowest BCUT2D eigenvalue weighted by Crippen LogP contribution is -2.43. The maximum Gasteiger partial charge on any atom is 0.239 e. The van der Waals surface area contributed by atoms with E-state index in [0.717, 1.165) is 25.1 Å². The van der Waals surface area contributed by atoms with Gasteiger partial charge in [-0.25, -0.2) is 0 Å². The average molecular weight is 246 g/mol. The molecule has 0 aliphatic carbocycles. The fourth-order valence-corrected chi connectivity index (χ4v) is 2.47. The number of likely N-dealkylation sites (tertiary alicyclic amines) is 1. The van der Waals surface area contributed by atoms with Crippen LogP contribution in [0.4, 0.5) is 0 Å². The van der Waals surface area contributed by atoms with Crippen molar-refractivity contribution in [2.45, 2.75) is 31.9 Å². The molecule has 1 aliphatic rings. The molecule has 1 rings (SSSR count). The van der Waals surface area contributed by atoms with E-state index in [4.69, 9.17) is 5.73 Å².